The van der Waals surface area contributed by atoms with Crippen molar-refractivity contribution < 1.29 is 58.1 Å². The van der Waals surface area contributed by atoms with Gasteiger partial charge in [0.25, 0.3) is 0 Å². The summed E-state index contributed by atoms with van der Waals surface area (Å²) in [6.07, 6.45) is 4.78. The fourth-order valence-corrected chi connectivity index (χ4v) is 10.9. The average Bonchev–Trinajstić information content (AvgIpc) is 3.51. The van der Waals surface area contributed by atoms with Gasteiger partial charge in [0.2, 0.25) is 5.79 Å². The molecule has 3 N–H and O–H groups in total. The van der Waals surface area contributed by atoms with Crippen LogP contribution in [-0.4, -0.2) is 118 Å². The molecule has 5 aliphatic rings. The number of hydrogen-bond donors (Lipinski definition) is 3. The summed E-state index contributed by atoms with van der Waals surface area (Å²) in [5.74, 6) is -6.49. The number of ketones is 1. The number of aliphatic hydroxyl groups excluding tert-OH is 1. The number of rotatable bonds is 13. The molecule has 13 nitrogen and oxygen atoms in total. The first-order chi connectivity index (χ1) is 27.1. The summed E-state index contributed by atoms with van der Waals surface area (Å²) in [5, 5.41) is 32.8. The van der Waals surface area contributed by atoms with Crippen LogP contribution in [0.25, 0.3) is 0 Å². The Bertz CT molecular complexity index is 1490. The Labute approximate surface area is 346 Å². The van der Waals surface area contributed by atoms with Crippen molar-refractivity contribution in [2.45, 2.75) is 199 Å². The first kappa shape index (κ1) is 46.9. The number of hydrogen-bond acceptors (Lipinski definition) is 11. The van der Waals surface area contributed by atoms with Gasteiger partial charge in [-0.05, 0) is 95.6 Å². The molecule has 0 unspecified atom stereocenters. The highest BCUT2D eigenvalue weighted by Crippen LogP contribution is 2.54. The van der Waals surface area contributed by atoms with Crippen molar-refractivity contribution in [2.75, 3.05) is 14.1 Å². The highest BCUT2D eigenvalue weighted by atomic mass is 16.8. The molecule has 0 aromatic carbocycles. The van der Waals surface area contributed by atoms with Gasteiger partial charge in [-0.1, -0.05) is 55.4 Å². The predicted molar refractivity (Wildman–Crippen MR) is 217 cm³/mol. The number of ether oxygens (including phenoxy) is 6. The second-order valence-corrected chi connectivity index (χ2v) is 19.2. The fraction of sp³-hybridized carbons (Fsp3) is 0.889. The van der Waals surface area contributed by atoms with Crippen LogP contribution in [0.5, 0.6) is 0 Å². The van der Waals surface area contributed by atoms with Gasteiger partial charge in [0.15, 0.2) is 11.9 Å². The van der Waals surface area contributed by atoms with Crippen molar-refractivity contribution in [3.63, 3.8) is 0 Å². The van der Waals surface area contributed by atoms with Gasteiger partial charge in [0.05, 0.1) is 53.7 Å². The topological polar surface area (TPSA) is 171 Å². The van der Waals surface area contributed by atoms with Crippen molar-refractivity contribution in [3.05, 3.63) is 12.2 Å². The third-order valence-electron chi connectivity index (χ3n) is 15.0. The average molecular weight is 822 g/mol. The number of aliphatic hydroxyl groups is 2. The summed E-state index contributed by atoms with van der Waals surface area (Å²) in [6.45, 7) is 19.5. The van der Waals surface area contributed by atoms with E-state index in [1.165, 1.54) is 4.90 Å². The van der Waals surface area contributed by atoms with Gasteiger partial charge in [-0.2, -0.15) is 0 Å². The fourth-order valence-electron chi connectivity index (χ4n) is 10.9. The Hall–Kier alpha value is -2.13. The number of carbonyl (C=O) groups excluding carboxylic acids is 2. The third kappa shape index (κ3) is 8.93. The number of carboxylic acid groups (broad SMARTS) is 1. The van der Waals surface area contributed by atoms with Gasteiger partial charge in [0.1, 0.15) is 5.78 Å². The molecule has 18 atom stereocenters. The summed E-state index contributed by atoms with van der Waals surface area (Å²) < 4.78 is 40.3. The largest absolute Gasteiger partial charge is 0.481 e. The third-order valence-corrected chi connectivity index (χ3v) is 15.0. The Balaban J connectivity index is 1.40. The second-order valence-electron chi connectivity index (χ2n) is 19.2. The van der Waals surface area contributed by atoms with Crippen molar-refractivity contribution in [1.82, 2.24) is 4.90 Å². The molecule has 0 aromatic heterocycles. The predicted octanol–water partition coefficient (Wildman–Crippen LogP) is 6.89. The van der Waals surface area contributed by atoms with Gasteiger partial charge in [0, 0.05) is 44.2 Å². The lowest BCUT2D eigenvalue weighted by Gasteiger charge is -2.55. The molecule has 5 aliphatic heterocycles. The van der Waals surface area contributed by atoms with Gasteiger partial charge in [-0.3, -0.25) is 9.59 Å². The zero-order valence-corrected chi connectivity index (χ0v) is 37.3. The van der Waals surface area contributed by atoms with Gasteiger partial charge < -0.3 is 48.6 Å². The molecule has 0 bridgehead atoms. The normalized spacial score (nSPS) is 43.0. The van der Waals surface area contributed by atoms with Gasteiger partial charge >= 0.3 is 12.1 Å². The molecule has 0 saturated carbocycles. The molecule has 2 spiro atoms. The number of Topliss-reactive ketones (excluding diaryl/α,β-unsaturated/α-hetero) is 1. The SMILES string of the molecule is CC[C@@H](C(=O)[C@@H](C)[C@@H](O)[C@H](C)[C@@H]1O[C@@H]([C@@H](CC)C(=O)O)CC[C@@H]1C)[C@H]1O[C@@]2(O[C@]3(C=C[C@@H]2OC(=O)N(C)C)CC[C@@](C)([C@H]2CC[C@](O)(CC)[C@H](C)O2)O3)[C@H](C)C[C@@H]1C. The van der Waals surface area contributed by atoms with Crippen LogP contribution in [-0.2, 0) is 38.0 Å². The molecule has 58 heavy (non-hydrogen) atoms. The first-order valence-electron chi connectivity index (χ1n) is 22.2. The van der Waals surface area contributed by atoms with Crippen molar-refractivity contribution in [2.24, 2.45) is 41.4 Å². The van der Waals surface area contributed by atoms with Crippen molar-refractivity contribution in [3.8, 4) is 0 Å². The van der Waals surface area contributed by atoms with Crippen molar-refractivity contribution >= 4 is 17.8 Å². The lowest BCUT2D eigenvalue weighted by molar-refractivity contribution is -0.416. The minimum Gasteiger partial charge on any atom is -0.481 e. The summed E-state index contributed by atoms with van der Waals surface area (Å²) in [7, 11) is 3.23. The van der Waals surface area contributed by atoms with Crippen LogP contribution >= 0.6 is 0 Å². The summed E-state index contributed by atoms with van der Waals surface area (Å²) in [6, 6.07) is 0. The van der Waals surface area contributed by atoms with Crippen molar-refractivity contribution in [1.29, 1.82) is 0 Å². The highest BCUT2D eigenvalue weighted by Gasteiger charge is 2.64. The lowest BCUT2D eigenvalue weighted by atomic mass is 9.72. The van der Waals surface area contributed by atoms with E-state index in [4.69, 9.17) is 28.4 Å². The standard InChI is InChI=1S/C45H75NO12/c1-13-31(40(49)50)33-17-16-25(4)38(54-33)29(8)36(47)28(7)37(48)32(14-2)39-26(5)24-27(6)45(56-39)35(55-41(51)46(11)12)19-21-44(58-45)23-22-42(10,57-44)34-18-20-43(52,15-3)30(9)53-34/h19,21,25-36,38-39,47,52H,13-18,20,22-24H2,1-12H3,(H,49,50)/t25-,26-,27+,28-,29-,30-,31+,32-,33+,34+,35-,36+,38+,39-,42-,43+,44+,45+/m0/s1. The number of carboxylic acids is 1. The number of amides is 1. The minimum atomic E-state index is -1.50. The van der Waals surface area contributed by atoms with E-state index >= 15 is 0 Å². The van der Waals surface area contributed by atoms with Crippen LogP contribution in [0.1, 0.15) is 133 Å². The summed E-state index contributed by atoms with van der Waals surface area (Å²) in [5.41, 5.74) is -1.62. The van der Waals surface area contributed by atoms with E-state index in [1.54, 1.807) is 21.0 Å². The molecule has 4 saturated heterocycles. The maximum atomic E-state index is 14.7. The smallest absolute Gasteiger partial charge is 0.410 e. The molecule has 4 fully saturated rings. The number of nitrogens with zero attached hydrogens (tertiary/aromatic N) is 1. The molecular weight excluding hydrogens is 746 g/mol. The maximum Gasteiger partial charge on any atom is 0.410 e. The van der Waals surface area contributed by atoms with E-state index in [9.17, 15) is 29.7 Å². The second kappa shape index (κ2) is 18.1. The van der Waals surface area contributed by atoms with E-state index in [2.05, 4.69) is 13.8 Å². The number of aliphatic carboxylic acids is 1. The van der Waals surface area contributed by atoms with Crippen LogP contribution in [0, 0.1) is 41.4 Å². The summed E-state index contributed by atoms with van der Waals surface area (Å²) >= 11 is 0. The molecule has 0 aromatic rings. The molecule has 332 valence electrons. The quantitative estimate of drug-likeness (QED) is 0.165. The molecule has 5 heterocycles. The Kier molecular flexibility index (Phi) is 14.6. The Morgan fingerprint density at radius 2 is 1.57 bits per heavy atom. The van der Waals surface area contributed by atoms with E-state index in [0.717, 1.165) is 6.42 Å². The van der Waals surface area contributed by atoms with Gasteiger partial charge in [-0.25, -0.2) is 4.79 Å². The summed E-state index contributed by atoms with van der Waals surface area (Å²) in [4.78, 5) is 41.2. The van der Waals surface area contributed by atoms with E-state index < -0.39 is 89.0 Å². The molecule has 0 radical (unpaired) electrons. The zero-order chi connectivity index (χ0) is 43.1. The van der Waals surface area contributed by atoms with Crippen LogP contribution in [0.3, 0.4) is 0 Å². The molecule has 13 heteroatoms. The number of carbonyl (C=O) groups is 3. The highest BCUT2D eigenvalue weighted by molar-refractivity contribution is 5.84. The van der Waals surface area contributed by atoms with Crippen LogP contribution in [0.4, 0.5) is 4.79 Å². The zero-order valence-electron chi connectivity index (χ0n) is 37.3. The van der Waals surface area contributed by atoms with E-state index in [-0.39, 0.29) is 35.7 Å². The van der Waals surface area contributed by atoms with Crippen LogP contribution in [0.2, 0.25) is 0 Å². The van der Waals surface area contributed by atoms with Crippen LogP contribution < -0.4 is 0 Å². The lowest BCUT2D eigenvalue weighted by Crippen LogP contribution is -2.66. The Morgan fingerprint density at radius 1 is 0.897 bits per heavy atom. The van der Waals surface area contributed by atoms with Crippen LogP contribution in [0.15, 0.2) is 12.2 Å². The molecule has 5 rings (SSSR count). The van der Waals surface area contributed by atoms with E-state index in [0.29, 0.717) is 57.8 Å². The molecule has 1 amide bonds. The first-order valence-corrected chi connectivity index (χ1v) is 22.2. The Morgan fingerprint density at radius 3 is 2.16 bits per heavy atom. The molecular formula is C45H75NO12. The maximum absolute atomic E-state index is 14.7. The van der Waals surface area contributed by atoms with E-state index in [1.807, 2.05) is 60.6 Å². The minimum absolute atomic E-state index is 0.0810. The monoisotopic (exact) mass is 822 g/mol. The van der Waals surface area contributed by atoms with Gasteiger partial charge in [-0.15, -0.1) is 0 Å². The molecule has 0 aliphatic carbocycles.